The molecule has 0 saturated heterocycles. The van der Waals surface area contributed by atoms with Crippen LogP contribution in [0.2, 0.25) is 0 Å². The number of rotatable bonds is 4. The third-order valence-corrected chi connectivity index (χ3v) is 4.90. The molecule has 2 rings (SSSR count). The Hall–Kier alpha value is -1.52. The van der Waals surface area contributed by atoms with E-state index in [0.717, 1.165) is 26.4 Å². The molecule has 132 valence electrons. The van der Waals surface area contributed by atoms with Crippen molar-refractivity contribution in [2.45, 2.75) is 11.8 Å². The topological polar surface area (TPSA) is 82.1 Å². The van der Waals surface area contributed by atoms with Crippen molar-refractivity contribution in [2.75, 3.05) is 21.3 Å². The van der Waals surface area contributed by atoms with Crippen LogP contribution in [0, 0.1) is 10.5 Å². The number of halogens is 1. The zero-order chi connectivity index (χ0) is 18.3. The Kier molecular flexibility index (Phi) is 7.77. The van der Waals surface area contributed by atoms with Gasteiger partial charge in [0.1, 0.15) is 17.2 Å². The van der Waals surface area contributed by atoms with E-state index < -0.39 is 10.1 Å². The summed E-state index contributed by atoms with van der Waals surface area (Å²) >= 11 is 2.17. The van der Waals surface area contributed by atoms with Crippen LogP contribution in [0.1, 0.15) is 5.56 Å². The molecule has 0 aliphatic carbocycles. The minimum Gasteiger partial charge on any atom is -0.496 e. The van der Waals surface area contributed by atoms with Crippen molar-refractivity contribution < 1.29 is 27.2 Å². The van der Waals surface area contributed by atoms with Crippen molar-refractivity contribution in [3.63, 3.8) is 0 Å². The van der Waals surface area contributed by atoms with E-state index in [0.29, 0.717) is 0 Å². The normalized spacial score (nSPS) is 10.4. The Labute approximate surface area is 155 Å². The largest absolute Gasteiger partial charge is 0.496 e. The molecule has 0 fully saturated rings. The first-order chi connectivity index (χ1) is 11.2. The lowest BCUT2D eigenvalue weighted by Gasteiger charge is -2.10. The molecule has 2 aromatic rings. The second kappa shape index (κ2) is 9.09. The molecule has 0 saturated carbocycles. The minimum absolute atomic E-state index is 0.0666. The molecule has 1 N–H and O–H groups in total. The monoisotopic (exact) mass is 466 g/mol. The Morgan fingerprint density at radius 2 is 1.38 bits per heavy atom. The van der Waals surface area contributed by atoms with Gasteiger partial charge < -0.3 is 14.2 Å². The zero-order valence-electron chi connectivity index (χ0n) is 13.7. The number of methoxy groups -OCH3 is 3. The SMILES string of the molecule is COc1cc(OC)c(I)c(OC)c1.Cc1ccc(S(=O)(=O)O)cc1. The smallest absolute Gasteiger partial charge is 0.294 e. The highest BCUT2D eigenvalue weighted by molar-refractivity contribution is 14.1. The maximum atomic E-state index is 10.5. The first kappa shape index (κ1) is 20.5. The highest BCUT2D eigenvalue weighted by Gasteiger charge is 2.09. The van der Waals surface area contributed by atoms with Gasteiger partial charge in [0.15, 0.2) is 0 Å². The van der Waals surface area contributed by atoms with Crippen molar-refractivity contribution >= 4 is 32.7 Å². The summed E-state index contributed by atoms with van der Waals surface area (Å²) in [5, 5.41) is 0. The molecule has 0 atom stereocenters. The number of hydrogen-bond donors (Lipinski definition) is 1. The molecule has 24 heavy (non-hydrogen) atoms. The second-order valence-electron chi connectivity index (χ2n) is 4.63. The van der Waals surface area contributed by atoms with Gasteiger partial charge in [0, 0.05) is 12.1 Å². The summed E-state index contributed by atoms with van der Waals surface area (Å²) in [6.45, 7) is 1.84. The van der Waals surface area contributed by atoms with Crippen LogP contribution in [0.15, 0.2) is 41.3 Å². The van der Waals surface area contributed by atoms with Crippen molar-refractivity contribution in [1.82, 2.24) is 0 Å². The molecule has 0 aromatic heterocycles. The standard InChI is InChI=1S/C9H11IO3.C7H8O3S/c1-11-6-4-7(12-2)9(10)8(5-6)13-3;1-6-2-4-7(5-3-6)11(8,9)10/h4-5H,1-3H3;2-5H,1H3,(H,8,9,10). The van der Waals surface area contributed by atoms with Gasteiger partial charge >= 0.3 is 0 Å². The van der Waals surface area contributed by atoms with Crippen LogP contribution in [-0.4, -0.2) is 34.3 Å². The van der Waals surface area contributed by atoms with Crippen LogP contribution >= 0.6 is 22.6 Å². The van der Waals surface area contributed by atoms with E-state index >= 15 is 0 Å². The molecular formula is C16H19IO6S. The van der Waals surface area contributed by atoms with Crippen LogP contribution in [0.5, 0.6) is 17.2 Å². The fraction of sp³-hybridized carbons (Fsp3) is 0.250. The van der Waals surface area contributed by atoms with Gasteiger partial charge in [-0.2, -0.15) is 8.42 Å². The van der Waals surface area contributed by atoms with Gasteiger partial charge in [0.25, 0.3) is 10.1 Å². The van der Waals surface area contributed by atoms with Gasteiger partial charge in [-0.05, 0) is 41.6 Å². The number of benzene rings is 2. The summed E-state index contributed by atoms with van der Waals surface area (Å²) in [5.74, 6) is 2.25. The lowest BCUT2D eigenvalue weighted by molar-refractivity contribution is 0.371. The third-order valence-electron chi connectivity index (χ3n) is 2.97. The molecule has 0 amide bonds. The van der Waals surface area contributed by atoms with Gasteiger partial charge in [0.05, 0.1) is 29.8 Å². The van der Waals surface area contributed by atoms with Gasteiger partial charge in [-0.25, -0.2) is 0 Å². The minimum atomic E-state index is -4.02. The molecule has 2 aromatic carbocycles. The maximum absolute atomic E-state index is 10.5. The molecular weight excluding hydrogens is 447 g/mol. The lowest BCUT2D eigenvalue weighted by atomic mass is 10.2. The average Bonchev–Trinajstić information content (AvgIpc) is 2.55. The lowest BCUT2D eigenvalue weighted by Crippen LogP contribution is -1.96. The van der Waals surface area contributed by atoms with Gasteiger partial charge in [-0.3, -0.25) is 4.55 Å². The summed E-state index contributed by atoms with van der Waals surface area (Å²) in [4.78, 5) is -0.0666. The predicted molar refractivity (Wildman–Crippen MR) is 99.8 cm³/mol. The molecule has 0 aliphatic heterocycles. The second-order valence-corrected chi connectivity index (χ2v) is 7.13. The van der Waals surface area contributed by atoms with E-state index in [9.17, 15) is 8.42 Å². The quantitative estimate of drug-likeness (QED) is 0.549. The maximum Gasteiger partial charge on any atom is 0.294 e. The molecule has 0 unspecified atom stereocenters. The third kappa shape index (κ3) is 5.84. The fourth-order valence-electron chi connectivity index (χ4n) is 1.67. The summed E-state index contributed by atoms with van der Waals surface area (Å²) in [6, 6.07) is 9.64. The van der Waals surface area contributed by atoms with Crippen molar-refractivity contribution in [1.29, 1.82) is 0 Å². The Morgan fingerprint density at radius 3 is 1.71 bits per heavy atom. The van der Waals surface area contributed by atoms with E-state index in [1.807, 2.05) is 19.1 Å². The summed E-state index contributed by atoms with van der Waals surface area (Å²) < 4.78 is 45.9. The molecule has 0 aliphatic rings. The average molecular weight is 466 g/mol. The van der Waals surface area contributed by atoms with Gasteiger partial charge in [-0.15, -0.1) is 0 Å². The van der Waals surface area contributed by atoms with Crippen molar-refractivity contribution in [3.05, 3.63) is 45.5 Å². The van der Waals surface area contributed by atoms with Gasteiger partial charge in [0.2, 0.25) is 0 Å². The van der Waals surface area contributed by atoms with Crippen LogP contribution < -0.4 is 14.2 Å². The van der Waals surface area contributed by atoms with E-state index in [2.05, 4.69) is 22.6 Å². The molecule has 0 spiro atoms. The van der Waals surface area contributed by atoms with Crippen LogP contribution in [0.25, 0.3) is 0 Å². The number of hydrogen-bond acceptors (Lipinski definition) is 5. The summed E-state index contributed by atoms with van der Waals surface area (Å²) in [7, 11) is 0.835. The van der Waals surface area contributed by atoms with E-state index in [1.165, 1.54) is 12.1 Å². The molecule has 8 heteroatoms. The predicted octanol–water partition coefficient (Wildman–Crippen LogP) is 3.56. The van der Waals surface area contributed by atoms with E-state index in [-0.39, 0.29) is 4.90 Å². The van der Waals surface area contributed by atoms with E-state index in [1.54, 1.807) is 33.5 Å². The van der Waals surface area contributed by atoms with Crippen LogP contribution in [-0.2, 0) is 10.1 Å². The summed E-state index contributed by atoms with van der Waals surface area (Å²) in [6.07, 6.45) is 0. The fourth-order valence-corrected chi connectivity index (χ4v) is 2.91. The van der Waals surface area contributed by atoms with Crippen LogP contribution in [0.3, 0.4) is 0 Å². The molecule has 0 bridgehead atoms. The van der Waals surface area contributed by atoms with Crippen molar-refractivity contribution in [3.8, 4) is 17.2 Å². The highest BCUT2D eigenvalue weighted by atomic mass is 127. The zero-order valence-corrected chi connectivity index (χ0v) is 16.7. The molecule has 0 heterocycles. The highest BCUT2D eigenvalue weighted by Crippen LogP contribution is 2.34. The number of ether oxygens (including phenoxy) is 3. The first-order valence-corrected chi connectivity index (χ1v) is 9.24. The first-order valence-electron chi connectivity index (χ1n) is 6.72. The molecule has 6 nitrogen and oxygen atoms in total. The Morgan fingerprint density at radius 1 is 0.917 bits per heavy atom. The number of aryl methyl sites for hydroxylation is 1. The summed E-state index contributed by atoms with van der Waals surface area (Å²) in [5.41, 5.74) is 0.956. The van der Waals surface area contributed by atoms with E-state index in [4.69, 9.17) is 18.8 Å². The Balaban J connectivity index is 0.000000243. The van der Waals surface area contributed by atoms with Crippen molar-refractivity contribution in [2.24, 2.45) is 0 Å². The van der Waals surface area contributed by atoms with Gasteiger partial charge in [-0.1, -0.05) is 17.7 Å². The molecule has 0 radical (unpaired) electrons. The Bertz CT molecular complexity index is 747. The van der Waals surface area contributed by atoms with Crippen LogP contribution in [0.4, 0.5) is 0 Å².